The standard InChI is InChI=1S/C17H22N2O2/c1-11-8-9-13(10-12(11)2)16(19-18)14-6-5-7-15(20-3)17(14)21-4/h5-10,16,19H,18H2,1-4H3. The predicted octanol–water partition coefficient (Wildman–Crippen LogP) is 2.87. The zero-order valence-electron chi connectivity index (χ0n) is 12.9. The van der Waals surface area contributed by atoms with Gasteiger partial charge < -0.3 is 9.47 Å². The fourth-order valence-corrected chi connectivity index (χ4v) is 2.45. The summed E-state index contributed by atoms with van der Waals surface area (Å²) >= 11 is 0. The van der Waals surface area contributed by atoms with Crippen molar-refractivity contribution in [3.8, 4) is 11.5 Å². The molecule has 0 amide bonds. The molecule has 0 heterocycles. The molecule has 21 heavy (non-hydrogen) atoms. The molecule has 0 spiro atoms. The molecule has 4 nitrogen and oxygen atoms in total. The van der Waals surface area contributed by atoms with Gasteiger partial charge in [0.05, 0.1) is 20.3 Å². The van der Waals surface area contributed by atoms with E-state index < -0.39 is 0 Å². The lowest BCUT2D eigenvalue weighted by Crippen LogP contribution is -2.29. The van der Waals surface area contributed by atoms with Crippen molar-refractivity contribution in [1.82, 2.24) is 5.43 Å². The van der Waals surface area contributed by atoms with Crippen LogP contribution in [0.5, 0.6) is 11.5 Å². The number of nitrogens with two attached hydrogens (primary N) is 1. The molecule has 0 aliphatic rings. The van der Waals surface area contributed by atoms with Crippen LogP contribution in [0, 0.1) is 13.8 Å². The first-order chi connectivity index (χ1) is 10.1. The summed E-state index contributed by atoms with van der Waals surface area (Å²) in [7, 11) is 3.26. The predicted molar refractivity (Wildman–Crippen MR) is 84.6 cm³/mol. The van der Waals surface area contributed by atoms with Gasteiger partial charge >= 0.3 is 0 Å². The van der Waals surface area contributed by atoms with E-state index in [1.807, 2.05) is 18.2 Å². The Kier molecular flexibility index (Phi) is 4.83. The summed E-state index contributed by atoms with van der Waals surface area (Å²) in [6, 6.07) is 11.9. The average Bonchev–Trinajstić information content (AvgIpc) is 2.51. The van der Waals surface area contributed by atoms with Gasteiger partial charge in [-0.1, -0.05) is 30.3 Å². The van der Waals surface area contributed by atoms with Crippen molar-refractivity contribution in [2.45, 2.75) is 19.9 Å². The Balaban J connectivity index is 2.53. The average molecular weight is 286 g/mol. The minimum absolute atomic E-state index is 0.158. The second kappa shape index (κ2) is 6.61. The highest BCUT2D eigenvalue weighted by atomic mass is 16.5. The number of para-hydroxylation sites is 1. The van der Waals surface area contributed by atoms with Crippen molar-refractivity contribution >= 4 is 0 Å². The molecule has 0 fully saturated rings. The first-order valence-electron chi connectivity index (χ1n) is 6.86. The Hall–Kier alpha value is -2.04. The number of hydrazine groups is 1. The highest BCUT2D eigenvalue weighted by Crippen LogP contribution is 2.37. The fraction of sp³-hybridized carbons (Fsp3) is 0.294. The maximum absolute atomic E-state index is 5.79. The molecule has 1 unspecified atom stereocenters. The van der Waals surface area contributed by atoms with Crippen molar-refractivity contribution in [3.63, 3.8) is 0 Å². The monoisotopic (exact) mass is 286 g/mol. The molecule has 2 aromatic rings. The van der Waals surface area contributed by atoms with Crippen molar-refractivity contribution in [1.29, 1.82) is 0 Å². The van der Waals surface area contributed by atoms with Crippen LogP contribution in [-0.2, 0) is 0 Å². The van der Waals surface area contributed by atoms with E-state index in [2.05, 4.69) is 37.5 Å². The van der Waals surface area contributed by atoms with Crippen LogP contribution in [-0.4, -0.2) is 14.2 Å². The second-order valence-electron chi connectivity index (χ2n) is 5.03. The number of nitrogens with one attached hydrogen (secondary N) is 1. The number of rotatable bonds is 5. The van der Waals surface area contributed by atoms with Crippen molar-refractivity contribution in [3.05, 3.63) is 58.7 Å². The number of benzene rings is 2. The van der Waals surface area contributed by atoms with Crippen LogP contribution < -0.4 is 20.7 Å². The summed E-state index contributed by atoms with van der Waals surface area (Å²) in [6.07, 6.45) is 0. The quantitative estimate of drug-likeness (QED) is 0.655. The number of hydrogen-bond donors (Lipinski definition) is 2. The molecular formula is C17H22N2O2. The van der Waals surface area contributed by atoms with Crippen molar-refractivity contribution in [2.24, 2.45) is 5.84 Å². The summed E-state index contributed by atoms with van der Waals surface area (Å²) in [4.78, 5) is 0. The second-order valence-corrected chi connectivity index (χ2v) is 5.03. The number of ether oxygens (including phenoxy) is 2. The zero-order chi connectivity index (χ0) is 15.4. The summed E-state index contributed by atoms with van der Waals surface area (Å²) in [5, 5.41) is 0. The lowest BCUT2D eigenvalue weighted by molar-refractivity contribution is 0.349. The summed E-state index contributed by atoms with van der Waals surface area (Å²) in [6.45, 7) is 4.19. The third-order valence-electron chi connectivity index (χ3n) is 3.78. The van der Waals surface area contributed by atoms with E-state index in [-0.39, 0.29) is 6.04 Å². The number of aryl methyl sites for hydroxylation is 2. The van der Waals surface area contributed by atoms with Gasteiger partial charge in [0.25, 0.3) is 0 Å². The van der Waals surface area contributed by atoms with Gasteiger partial charge in [0.1, 0.15) is 0 Å². The SMILES string of the molecule is COc1cccc(C(NN)c2ccc(C)c(C)c2)c1OC. The van der Waals surface area contributed by atoms with Gasteiger partial charge in [0, 0.05) is 5.56 Å². The maximum Gasteiger partial charge on any atom is 0.165 e. The highest BCUT2D eigenvalue weighted by Gasteiger charge is 2.20. The smallest absolute Gasteiger partial charge is 0.165 e. The van der Waals surface area contributed by atoms with Gasteiger partial charge in [-0.05, 0) is 36.6 Å². The summed E-state index contributed by atoms with van der Waals surface area (Å²) < 4.78 is 10.9. The van der Waals surface area contributed by atoms with Gasteiger partial charge in [-0.15, -0.1) is 0 Å². The molecule has 0 aromatic heterocycles. The molecule has 0 aliphatic heterocycles. The topological polar surface area (TPSA) is 56.5 Å². The Morgan fingerprint density at radius 3 is 2.33 bits per heavy atom. The zero-order valence-corrected chi connectivity index (χ0v) is 12.9. The summed E-state index contributed by atoms with van der Waals surface area (Å²) in [5.74, 6) is 7.18. The molecule has 0 saturated carbocycles. The molecule has 0 bridgehead atoms. The molecule has 112 valence electrons. The molecule has 3 N–H and O–H groups in total. The molecule has 2 aromatic carbocycles. The third-order valence-corrected chi connectivity index (χ3v) is 3.78. The first kappa shape index (κ1) is 15.4. The van der Waals surface area contributed by atoms with Crippen LogP contribution in [0.3, 0.4) is 0 Å². The Bertz CT molecular complexity index is 626. The number of hydrogen-bond acceptors (Lipinski definition) is 4. The van der Waals surface area contributed by atoms with Crippen LogP contribution in [0.4, 0.5) is 0 Å². The van der Waals surface area contributed by atoms with Gasteiger partial charge in [0.15, 0.2) is 11.5 Å². The Morgan fingerprint density at radius 1 is 1.00 bits per heavy atom. The van der Waals surface area contributed by atoms with Crippen LogP contribution in [0.2, 0.25) is 0 Å². The van der Waals surface area contributed by atoms with Crippen LogP contribution >= 0.6 is 0 Å². The molecule has 1 atom stereocenters. The molecule has 0 radical (unpaired) electrons. The molecular weight excluding hydrogens is 264 g/mol. The lowest BCUT2D eigenvalue weighted by atomic mass is 9.95. The van der Waals surface area contributed by atoms with E-state index in [9.17, 15) is 0 Å². The molecule has 0 saturated heterocycles. The summed E-state index contributed by atoms with van der Waals surface area (Å²) in [5.41, 5.74) is 7.40. The van der Waals surface area contributed by atoms with E-state index in [4.69, 9.17) is 15.3 Å². The Labute approximate surface area is 125 Å². The molecule has 2 rings (SSSR count). The van der Waals surface area contributed by atoms with Gasteiger partial charge in [-0.2, -0.15) is 0 Å². The van der Waals surface area contributed by atoms with Crippen molar-refractivity contribution in [2.75, 3.05) is 14.2 Å². The lowest BCUT2D eigenvalue weighted by Gasteiger charge is -2.21. The van der Waals surface area contributed by atoms with E-state index in [1.165, 1.54) is 11.1 Å². The minimum atomic E-state index is -0.158. The third kappa shape index (κ3) is 3.01. The van der Waals surface area contributed by atoms with Gasteiger partial charge in [0.2, 0.25) is 0 Å². The number of methoxy groups -OCH3 is 2. The highest BCUT2D eigenvalue weighted by molar-refractivity contribution is 5.51. The largest absolute Gasteiger partial charge is 0.493 e. The minimum Gasteiger partial charge on any atom is -0.493 e. The van der Waals surface area contributed by atoms with Crippen LogP contribution in [0.1, 0.15) is 28.3 Å². The van der Waals surface area contributed by atoms with E-state index in [1.54, 1.807) is 14.2 Å². The van der Waals surface area contributed by atoms with E-state index in [0.29, 0.717) is 11.5 Å². The Morgan fingerprint density at radius 2 is 1.76 bits per heavy atom. The van der Waals surface area contributed by atoms with E-state index in [0.717, 1.165) is 11.1 Å². The van der Waals surface area contributed by atoms with Gasteiger partial charge in [-0.3, -0.25) is 5.84 Å². The van der Waals surface area contributed by atoms with Crippen LogP contribution in [0.15, 0.2) is 36.4 Å². The van der Waals surface area contributed by atoms with Crippen LogP contribution in [0.25, 0.3) is 0 Å². The molecule has 0 aliphatic carbocycles. The maximum atomic E-state index is 5.79. The van der Waals surface area contributed by atoms with Crippen molar-refractivity contribution < 1.29 is 9.47 Å². The van der Waals surface area contributed by atoms with Gasteiger partial charge in [-0.25, -0.2) is 5.43 Å². The fourth-order valence-electron chi connectivity index (χ4n) is 2.45. The molecule has 4 heteroatoms. The first-order valence-corrected chi connectivity index (χ1v) is 6.86. The normalized spacial score (nSPS) is 12.0. The van der Waals surface area contributed by atoms with E-state index >= 15 is 0 Å².